The third-order valence-corrected chi connectivity index (χ3v) is 3.50. The van der Waals surface area contributed by atoms with Gasteiger partial charge in [-0.05, 0) is 52.3 Å². The minimum atomic E-state index is -1.14. The summed E-state index contributed by atoms with van der Waals surface area (Å²) >= 11 is 8.92. The number of phenols is 1. The fourth-order valence-electron chi connectivity index (χ4n) is 1.64. The number of carbonyl (C=O) groups is 2. The van der Waals surface area contributed by atoms with Crippen LogP contribution in [0.15, 0.2) is 40.9 Å². The smallest absolute Gasteiger partial charge is 0.335 e. The van der Waals surface area contributed by atoms with Gasteiger partial charge in [-0.3, -0.25) is 4.79 Å². The van der Waals surface area contributed by atoms with Gasteiger partial charge in [0.15, 0.2) is 0 Å². The van der Waals surface area contributed by atoms with E-state index in [1.165, 1.54) is 36.4 Å². The summed E-state index contributed by atoms with van der Waals surface area (Å²) in [6.07, 6.45) is 0. The van der Waals surface area contributed by atoms with E-state index >= 15 is 0 Å². The molecule has 2 aromatic rings. The monoisotopic (exact) mass is 369 g/mol. The third-order valence-electron chi connectivity index (χ3n) is 2.61. The van der Waals surface area contributed by atoms with E-state index in [9.17, 15) is 14.7 Å². The zero-order valence-corrected chi connectivity index (χ0v) is 12.8. The highest BCUT2D eigenvalue weighted by Crippen LogP contribution is 2.25. The van der Waals surface area contributed by atoms with Gasteiger partial charge in [-0.15, -0.1) is 0 Å². The summed E-state index contributed by atoms with van der Waals surface area (Å²) in [6, 6.07) is 8.36. The van der Waals surface area contributed by atoms with Crippen LogP contribution in [0.5, 0.6) is 5.75 Å². The summed E-state index contributed by atoms with van der Waals surface area (Å²) in [4.78, 5) is 23.0. The van der Waals surface area contributed by atoms with Crippen molar-refractivity contribution in [3.05, 3.63) is 57.0 Å². The van der Waals surface area contributed by atoms with Crippen LogP contribution in [0.3, 0.4) is 0 Å². The second-order valence-corrected chi connectivity index (χ2v) is 5.44. The van der Waals surface area contributed by atoms with Crippen molar-refractivity contribution in [2.45, 2.75) is 0 Å². The molecule has 0 saturated carbocycles. The van der Waals surface area contributed by atoms with Crippen LogP contribution in [0.4, 0.5) is 5.69 Å². The highest BCUT2D eigenvalue weighted by atomic mass is 79.9. The van der Waals surface area contributed by atoms with Crippen LogP contribution in [0, 0.1) is 0 Å². The zero-order chi connectivity index (χ0) is 15.6. The number of carboxylic acids is 1. The van der Waals surface area contributed by atoms with Crippen LogP contribution in [-0.4, -0.2) is 22.1 Å². The van der Waals surface area contributed by atoms with Gasteiger partial charge >= 0.3 is 5.97 Å². The van der Waals surface area contributed by atoms with Crippen molar-refractivity contribution in [1.29, 1.82) is 0 Å². The number of carboxylic acid groups (broad SMARTS) is 1. The molecule has 108 valence electrons. The Morgan fingerprint density at radius 3 is 2.43 bits per heavy atom. The molecular formula is C14H9BrClNO4. The Hall–Kier alpha value is -2.05. The average molecular weight is 371 g/mol. The van der Waals surface area contributed by atoms with Gasteiger partial charge < -0.3 is 15.5 Å². The predicted molar refractivity (Wildman–Crippen MR) is 82.2 cm³/mol. The van der Waals surface area contributed by atoms with Crippen molar-refractivity contribution < 1.29 is 19.8 Å². The number of carbonyl (C=O) groups excluding carboxylic acids is 1. The van der Waals surface area contributed by atoms with E-state index in [0.717, 1.165) is 0 Å². The average Bonchev–Trinajstić information content (AvgIpc) is 2.41. The van der Waals surface area contributed by atoms with Crippen LogP contribution < -0.4 is 5.32 Å². The lowest BCUT2D eigenvalue weighted by Crippen LogP contribution is -2.12. The van der Waals surface area contributed by atoms with E-state index in [4.69, 9.17) is 16.7 Å². The molecule has 7 heteroatoms. The standard InChI is InChI=1S/C14H9BrClNO4/c15-11-2-1-7(5-12(11)18)13(19)17-10-4-8(14(20)21)3-9(16)6-10/h1-6,18H,(H,17,19)(H,20,21). The Kier molecular flexibility index (Phi) is 4.50. The first-order valence-electron chi connectivity index (χ1n) is 5.70. The number of aromatic hydroxyl groups is 1. The number of halogens is 2. The fraction of sp³-hybridized carbons (Fsp3) is 0. The number of hydrogen-bond donors (Lipinski definition) is 3. The Bertz CT molecular complexity index is 733. The molecule has 0 aliphatic carbocycles. The first-order chi connectivity index (χ1) is 9.86. The zero-order valence-electron chi connectivity index (χ0n) is 10.4. The van der Waals surface area contributed by atoms with Crippen molar-refractivity contribution in [2.75, 3.05) is 5.32 Å². The van der Waals surface area contributed by atoms with Gasteiger partial charge in [-0.25, -0.2) is 4.79 Å². The highest BCUT2D eigenvalue weighted by molar-refractivity contribution is 9.10. The van der Waals surface area contributed by atoms with Crippen LogP contribution in [0.2, 0.25) is 5.02 Å². The summed E-state index contributed by atoms with van der Waals surface area (Å²) in [5.74, 6) is -1.70. The van der Waals surface area contributed by atoms with Crippen LogP contribution >= 0.6 is 27.5 Å². The minimum Gasteiger partial charge on any atom is -0.507 e. The lowest BCUT2D eigenvalue weighted by atomic mass is 10.1. The number of aromatic carboxylic acids is 1. The van der Waals surface area contributed by atoms with E-state index in [1.54, 1.807) is 0 Å². The Morgan fingerprint density at radius 2 is 1.81 bits per heavy atom. The predicted octanol–water partition coefficient (Wildman–Crippen LogP) is 3.76. The first kappa shape index (κ1) is 15.3. The van der Waals surface area contributed by atoms with Gasteiger partial charge in [0, 0.05) is 16.3 Å². The molecule has 0 bridgehead atoms. The van der Waals surface area contributed by atoms with Gasteiger partial charge in [0.25, 0.3) is 5.91 Å². The van der Waals surface area contributed by atoms with Crippen molar-refractivity contribution in [3.8, 4) is 5.75 Å². The molecule has 21 heavy (non-hydrogen) atoms. The molecule has 2 rings (SSSR count). The lowest BCUT2D eigenvalue weighted by molar-refractivity contribution is 0.0696. The van der Waals surface area contributed by atoms with E-state index in [1.807, 2.05) is 0 Å². The fourth-order valence-corrected chi connectivity index (χ4v) is 2.12. The number of amides is 1. The second-order valence-electron chi connectivity index (χ2n) is 4.15. The van der Waals surface area contributed by atoms with Crippen molar-refractivity contribution in [1.82, 2.24) is 0 Å². The lowest BCUT2D eigenvalue weighted by Gasteiger charge is -2.08. The molecular weight excluding hydrogens is 362 g/mol. The minimum absolute atomic E-state index is 0.0311. The highest BCUT2D eigenvalue weighted by Gasteiger charge is 2.11. The van der Waals surface area contributed by atoms with E-state index in [2.05, 4.69) is 21.2 Å². The normalized spacial score (nSPS) is 10.2. The molecule has 0 radical (unpaired) electrons. The largest absolute Gasteiger partial charge is 0.507 e. The quantitative estimate of drug-likeness (QED) is 0.768. The number of nitrogens with one attached hydrogen (secondary N) is 1. The first-order valence-corrected chi connectivity index (χ1v) is 6.87. The topological polar surface area (TPSA) is 86.6 Å². The summed E-state index contributed by atoms with van der Waals surface area (Å²) in [5.41, 5.74) is 0.455. The Morgan fingerprint density at radius 1 is 1.10 bits per heavy atom. The van der Waals surface area contributed by atoms with Crippen molar-refractivity contribution in [2.24, 2.45) is 0 Å². The molecule has 0 heterocycles. The van der Waals surface area contributed by atoms with Gasteiger partial charge in [0.2, 0.25) is 0 Å². The number of phenolic OH excluding ortho intramolecular Hbond substituents is 1. The molecule has 5 nitrogen and oxygen atoms in total. The summed E-state index contributed by atoms with van der Waals surface area (Å²) in [7, 11) is 0. The third kappa shape index (κ3) is 3.74. The number of anilines is 1. The Labute approximate surface area is 133 Å². The SMILES string of the molecule is O=C(O)c1cc(Cl)cc(NC(=O)c2ccc(Br)c(O)c2)c1. The van der Waals surface area contributed by atoms with Gasteiger partial charge in [-0.2, -0.15) is 0 Å². The maximum atomic E-state index is 12.0. The van der Waals surface area contributed by atoms with Gasteiger partial charge in [-0.1, -0.05) is 11.6 Å². The molecule has 0 atom stereocenters. The molecule has 3 N–H and O–H groups in total. The van der Waals surface area contributed by atoms with Crippen LogP contribution in [-0.2, 0) is 0 Å². The van der Waals surface area contributed by atoms with Gasteiger partial charge in [0.1, 0.15) is 5.75 Å². The van der Waals surface area contributed by atoms with E-state index in [-0.39, 0.29) is 27.6 Å². The van der Waals surface area contributed by atoms with E-state index < -0.39 is 11.9 Å². The molecule has 0 aliphatic heterocycles. The molecule has 0 fully saturated rings. The second kappa shape index (κ2) is 6.15. The molecule has 2 aromatic carbocycles. The molecule has 0 aromatic heterocycles. The van der Waals surface area contributed by atoms with Crippen molar-refractivity contribution in [3.63, 3.8) is 0 Å². The maximum Gasteiger partial charge on any atom is 0.335 e. The number of rotatable bonds is 3. The van der Waals surface area contributed by atoms with Crippen LogP contribution in [0.25, 0.3) is 0 Å². The molecule has 0 aliphatic rings. The van der Waals surface area contributed by atoms with Crippen LogP contribution in [0.1, 0.15) is 20.7 Å². The summed E-state index contributed by atoms with van der Waals surface area (Å²) in [6.45, 7) is 0. The maximum absolute atomic E-state index is 12.0. The number of hydrogen-bond acceptors (Lipinski definition) is 3. The molecule has 0 saturated heterocycles. The molecule has 0 spiro atoms. The molecule has 1 amide bonds. The van der Waals surface area contributed by atoms with E-state index in [0.29, 0.717) is 4.47 Å². The summed E-state index contributed by atoms with van der Waals surface area (Å²) in [5, 5.41) is 21.2. The Balaban J connectivity index is 2.27. The molecule has 0 unspecified atom stereocenters. The summed E-state index contributed by atoms with van der Waals surface area (Å²) < 4.78 is 0.468. The van der Waals surface area contributed by atoms with Crippen molar-refractivity contribution >= 4 is 45.1 Å². The number of benzene rings is 2. The van der Waals surface area contributed by atoms with Gasteiger partial charge in [0.05, 0.1) is 10.0 Å².